The molecule has 1 aliphatic carbocycles. The number of carbonyl (C=O) groups excluding carboxylic acids is 1. The smallest absolute Gasteiger partial charge is 0.231 e. The molecular formula is C20H19FN4O2. The predicted octanol–water partition coefficient (Wildman–Crippen LogP) is 3.49. The van der Waals surface area contributed by atoms with Gasteiger partial charge in [-0.15, -0.1) is 0 Å². The van der Waals surface area contributed by atoms with E-state index in [0.29, 0.717) is 17.4 Å². The van der Waals surface area contributed by atoms with Crippen molar-refractivity contribution in [3.05, 3.63) is 42.2 Å². The van der Waals surface area contributed by atoms with Crippen LogP contribution < -0.4 is 15.8 Å². The summed E-state index contributed by atoms with van der Waals surface area (Å²) in [4.78, 5) is 20.6. The van der Waals surface area contributed by atoms with E-state index in [1.54, 1.807) is 25.4 Å². The molecule has 2 unspecified atom stereocenters. The van der Waals surface area contributed by atoms with Crippen LogP contribution in [0.2, 0.25) is 0 Å². The van der Waals surface area contributed by atoms with Crippen molar-refractivity contribution in [1.82, 2.24) is 9.97 Å². The molecule has 2 heterocycles. The maximum absolute atomic E-state index is 13.1. The molecule has 4 rings (SSSR count). The van der Waals surface area contributed by atoms with Gasteiger partial charge in [0.15, 0.2) is 0 Å². The molecule has 1 aliphatic rings. The maximum Gasteiger partial charge on any atom is 0.231 e. The molecule has 1 fully saturated rings. The molecule has 27 heavy (non-hydrogen) atoms. The lowest BCUT2D eigenvalue weighted by molar-refractivity contribution is -0.117. The van der Waals surface area contributed by atoms with Crippen molar-refractivity contribution in [2.75, 3.05) is 18.2 Å². The molecule has 0 bridgehead atoms. The number of aryl methyl sites for hydroxylation is 1. The summed E-state index contributed by atoms with van der Waals surface area (Å²) >= 11 is 0. The minimum atomic E-state index is -1.04. The predicted molar refractivity (Wildman–Crippen MR) is 102 cm³/mol. The Morgan fingerprint density at radius 2 is 2.11 bits per heavy atom. The van der Waals surface area contributed by atoms with Crippen molar-refractivity contribution in [1.29, 1.82) is 0 Å². The first-order chi connectivity index (χ1) is 13.0. The standard InChI is InChI=1S/C20H19FN4O2/c1-10-13(3-4-19(24-10)27-2)11-5-12-7-18(23-9-15(12)17(22)6-11)25-20(26)14-8-16(14)21/h3-7,9,14,16H,8,22H2,1-2H3,(H,23,25,26). The fourth-order valence-corrected chi connectivity index (χ4v) is 3.12. The molecule has 1 saturated carbocycles. The lowest BCUT2D eigenvalue weighted by Gasteiger charge is -2.11. The van der Waals surface area contributed by atoms with Crippen LogP contribution in [-0.4, -0.2) is 29.2 Å². The molecule has 0 saturated heterocycles. The van der Waals surface area contributed by atoms with Gasteiger partial charge in [0.05, 0.1) is 13.0 Å². The summed E-state index contributed by atoms with van der Waals surface area (Å²) < 4.78 is 18.2. The van der Waals surface area contributed by atoms with Crippen LogP contribution in [0.3, 0.4) is 0 Å². The van der Waals surface area contributed by atoms with Crippen LogP contribution in [0.15, 0.2) is 36.5 Å². The van der Waals surface area contributed by atoms with Crippen LogP contribution in [0.4, 0.5) is 15.9 Å². The Kier molecular flexibility index (Phi) is 4.14. The normalized spacial score (nSPS) is 18.3. The number of nitrogens with zero attached hydrogens (tertiary/aromatic N) is 2. The molecule has 0 radical (unpaired) electrons. The summed E-state index contributed by atoms with van der Waals surface area (Å²) in [6, 6.07) is 9.31. The summed E-state index contributed by atoms with van der Waals surface area (Å²) in [6.07, 6.45) is 0.849. The summed E-state index contributed by atoms with van der Waals surface area (Å²) in [6.45, 7) is 1.90. The van der Waals surface area contributed by atoms with Gasteiger partial charge >= 0.3 is 0 Å². The Morgan fingerprint density at radius 3 is 2.78 bits per heavy atom. The average Bonchev–Trinajstić information content (AvgIpc) is 3.38. The topological polar surface area (TPSA) is 90.1 Å². The molecule has 6 nitrogen and oxygen atoms in total. The van der Waals surface area contributed by atoms with Gasteiger partial charge in [0.25, 0.3) is 0 Å². The van der Waals surface area contributed by atoms with E-state index in [0.717, 1.165) is 27.6 Å². The van der Waals surface area contributed by atoms with Gasteiger partial charge in [0, 0.05) is 34.6 Å². The van der Waals surface area contributed by atoms with Gasteiger partial charge in [-0.05, 0) is 48.6 Å². The number of aromatic nitrogens is 2. The maximum atomic E-state index is 13.1. The fourth-order valence-electron chi connectivity index (χ4n) is 3.12. The number of halogens is 1. The first-order valence-electron chi connectivity index (χ1n) is 8.62. The van der Waals surface area contributed by atoms with E-state index < -0.39 is 12.1 Å². The van der Waals surface area contributed by atoms with Gasteiger partial charge in [-0.25, -0.2) is 14.4 Å². The van der Waals surface area contributed by atoms with E-state index in [4.69, 9.17) is 10.5 Å². The monoisotopic (exact) mass is 366 g/mol. The Balaban J connectivity index is 1.71. The largest absolute Gasteiger partial charge is 0.481 e. The molecule has 3 N–H and O–H groups in total. The first-order valence-corrected chi connectivity index (χ1v) is 8.62. The van der Waals surface area contributed by atoms with Crippen molar-refractivity contribution in [3.63, 3.8) is 0 Å². The Labute approximate surface area is 155 Å². The lowest BCUT2D eigenvalue weighted by atomic mass is 10.00. The van der Waals surface area contributed by atoms with Gasteiger partial charge in [0.1, 0.15) is 12.0 Å². The zero-order chi connectivity index (χ0) is 19.1. The molecule has 0 spiro atoms. The number of benzene rings is 1. The second kappa shape index (κ2) is 6.50. The number of ether oxygens (including phenoxy) is 1. The average molecular weight is 366 g/mol. The minimum Gasteiger partial charge on any atom is -0.481 e. The van der Waals surface area contributed by atoms with E-state index in [1.807, 2.05) is 25.1 Å². The summed E-state index contributed by atoms with van der Waals surface area (Å²) in [5.41, 5.74) is 9.44. The van der Waals surface area contributed by atoms with Crippen LogP contribution in [0.1, 0.15) is 12.1 Å². The molecule has 3 aromatic rings. The van der Waals surface area contributed by atoms with E-state index in [-0.39, 0.29) is 12.3 Å². The van der Waals surface area contributed by atoms with Crippen molar-refractivity contribution in [3.8, 4) is 17.0 Å². The lowest BCUT2D eigenvalue weighted by Crippen LogP contribution is -2.15. The Hall–Kier alpha value is -3.22. The van der Waals surface area contributed by atoms with Crippen LogP contribution >= 0.6 is 0 Å². The number of methoxy groups -OCH3 is 1. The third-order valence-electron chi connectivity index (χ3n) is 4.75. The first kappa shape index (κ1) is 17.2. The van der Waals surface area contributed by atoms with Crippen LogP contribution in [0.25, 0.3) is 21.9 Å². The van der Waals surface area contributed by atoms with Crippen LogP contribution in [0.5, 0.6) is 5.88 Å². The van der Waals surface area contributed by atoms with E-state index >= 15 is 0 Å². The fraction of sp³-hybridized carbons (Fsp3) is 0.250. The van der Waals surface area contributed by atoms with Crippen molar-refractivity contribution in [2.45, 2.75) is 19.5 Å². The number of nitrogens with one attached hydrogen (secondary N) is 1. The number of carbonyl (C=O) groups is 1. The Morgan fingerprint density at radius 1 is 1.33 bits per heavy atom. The number of amides is 1. The number of anilines is 2. The Bertz CT molecular complexity index is 1050. The van der Waals surface area contributed by atoms with E-state index in [9.17, 15) is 9.18 Å². The highest BCUT2D eigenvalue weighted by molar-refractivity contribution is 6.00. The zero-order valence-electron chi connectivity index (χ0n) is 15.0. The van der Waals surface area contributed by atoms with Gasteiger partial charge in [-0.2, -0.15) is 0 Å². The molecule has 138 valence electrons. The number of nitrogens with two attached hydrogens (primary N) is 1. The third-order valence-corrected chi connectivity index (χ3v) is 4.75. The zero-order valence-corrected chi connectivity index (χ0v) is 15.0. The second-order valence-electron chi connectivity index (χ2n) is 6.69. The summed E-state index contributed by atoms with van der Waals surface area (Å²) in [7, 11) is 1.57. The van der Waals surface area contributed by atoms with Crippen molar-refractivity contribution in [2.24, 2.45) is 5.92 Å². The van der Waals surface area contributed by atoms with Gasteiger partial charge in [-0.1, -0.05) is 0 Å². The van der Waals surface area contributed by atoms with E-state index in [2.05, 4.69) is 15.3 Å². The third kappa shape index (κ3) is 3.28. The number of fused-ring (bicyclic) bond motifs is 1. The van der Waals surface area contributed by atoms with Crippen molar-refractivity contribution >= 4 is 28.2 Å². The number of pyridine rings is 2. The van der Waals surface area contributed by atoms with Gasteiger partial charge < -0.3 is 15.8 Å². The summed E-state index contributed by atoms with van der Waals surface area (Å²) in [5, 5.41) is 4.29. The number of nitrogen functional groups attached to an aromatic ring is 1. The number of hydrogen-bond donors (Lipinski definition) is 2. The van der Waals surface area contributed by atoms with Crippen LogP contribution in [-0.2, 0) is 4.79 Å². The number of alkyl halides is 1. The highest BCUT2D eigenvalue weighted by Gasteiger charge is 2.43. The number of rotatable bonds is 4. The number of hydrogen-bond acceptors (Lipinski definition) is 5. The van der Waals surface area contributed by atoms with Gasteiger partial charge in [-0.3, -0.25) is 4.79 Å². The van der Waals surface area contributed by atoms with E-state index in [1.165, 1.54) is 0 Å². The van der Waals surface area contributed by atoms with Crippen LogP contribution in [0, 0.1) is 12.8 Å². The SMILES string of the molecule is COc1ccc(-c2cc(N)c3cnc(NC(=O)C4CC4F)cc3c2)c(C)n1. The quantitative estimate of drug-likeness (QED) is 0.690. The molecule has 1 amide bonds. The molecule has 1 aromatic carbocycles. The van der Waals surface area contributed by atoms with Crippen molar-refractivity contribution < 1.29 is 13.9 Å². The minimum absolute atomic E-state index is 0.278. The molecule has 2 atom stereocenters. The highest BCUT2D eigenvalue weighted by atomic mass is 19.1. The molecule has 2 aromatic heterocycles. The molecule has 0 aliphatic heterocycles. The second-order valence-corrected chi connectivity index (χ2v) is 6.69. The van der Waals surface area contributed by atoms with Gasteiger partial charge in [0.2, 0.25) is 11.8 Å². The highest BCUT2D eigenvalue weighted by Crippen LogP contribution is 2.35. The summed E-state index contributed by atoms with van der Waals surface area (Å²) in [5.74, 6) is 0.0266. The molecule has 7 heteroatoms. The molecular weight excluding hydrogens is 347 g/mol.